The first-order valence-corrected chi connectivity index (χ1v) is 7.34. The molecule has 1 aromatic rings. The van der Waals surface area contributed by atoms with Crippen LogP contribution in [-0.4, -0.2) is 46.2 Å². The average molecular weight is 420 g/mol. The normalized spacial score (nSPS) is 11.6. The third-order valence-corrected chi connectivity index (χ3v) is 3.91. The molecule has 0 aliphatic carbocycles. The van der Waals surface area contributed by atoms with Gasteiger partial charge in [0.05, 0.1) is 21.1 Å². The van der Waals surface area contributed by atoms with Gasteiger partial charge in [-0.1, -0.05) is 26.8 Å². The Bertz CT molecular complexity index is 520. The van der Waals surface area contributed by atoms with E-state index in [1.165, 1.54) is 10.5 Å². The van der Waals surface area contributed by atoms with Crippen molar-refractivity contribution in [2.45, 2.75) is 32.6 Å². The van der Waals surface area contributed by atoms with Crippen LogP contribution in [0, 0.1) is 0 Å². The lowest BCUT2D eigenvalue weighted by Gasteiger charge is -2.29. The molecule has 4 nitrogen and oxygen atoms in total. The van der Waals surface area contributed by atoms with E-state index in [4.69, 9.17) is 4.74 Å². The second-order valence-electron chi connectivity index (χ2n) is 7.19. The summed E-state index contributed by atoms with van der Waals surface area (Å²) in [5.41, 5.74) is 2.37. The van der Waals surface area contributed by atoms with Crippen molar-refractivity contribution in [1.29, 1.82) is 0 Å². The molecule has 0 aromatic heterocycles. The third kappa shape index (κ3) is 5.12. The Labute approximate surface area is 152 Å². The number of nitrogens with zero attached hydrogens (tertiary/aromatic N) is 2. The van der Waals surface area contributed by atoms with Gasteiger partial charge in [0, 0.05) is 20.2 Å². The van der Waals surface area contributed by atoms with E-state index in [2.05, 4.69) is 54.0 Å². The van der Waals surface area contributed by atoms with Crippen LogP contribution in [0.5, 0.6) is 5.75 Å². The lowest BCUT2D eigenvalue weighted by atomic mass is 9.82. The zero-order valence-corrected chi connectivity index (χ0v) is 17.2. The summed E-state index contributed by atoms with van der Waals surface area (Å²) in [6, 6.07) is 6.12. The Balaban J connectivity index is 0.00000441. The number of amides is 1. The van der Waals surface area contributed by atoms with Crippen LogP contribution >= 0.6 is 0 Å². The fourth-order valence-electron chi connectivity index (χ4n) is 1.94. The molecule has 1 aromatic carbocycles. The van der Waals surface area contributed by atoms with Crippen LogP contribution in [0.1, 0.15) is 32.8 Å². The molecular weight excluding hydrogens is 391 g/mol. The van der Waals surface area contributed by atoms with E-state index >= 15 is 0 Å². The molecule has 1 amide bonds. The minimum absolute atomic E-state index is 0. The minimum Gasteiger partial charge on any atom is -1.00 e. The Morgan fingerprint density at radius 1 is 1.23 bits per heavy atom. The maximum atomic E-state index is 11.8. The van der Waals surface area contributed by atoms with Gasteiger partial charge in [-0.3, -0.25) is 4.48 Å². The van der Waals surface area contributed by atoms with Crippen molar-refractivity contribution in [2.75, 3.05) is 35.2 Å². The Morgan fingerprint density at radius 3 is 2.18 bits per heavy atom. The number of hydrogen-bond acceptors (Lipinski definition) is 2. The quantitative estimate of drug-likeness (QED) is 0.529. The van der Waals surface area contributed by atoms with Gasteiger partial charge in [0.1, 0.15) is 0 Å². The molecule has 0 aliphatic rings. The van der Waals surface area contributed by atoms with E-state index in [1.807, 2.05) is 6.07 Å². The predicted molar refractivity (Wildman–Crippen MR) is 89.0 cm³/mol. The highest BCUT2D eigenvalue weighted by Crippen LogP contribution is 2.36. The molecule has 0 N–H and O–H groups in total. The molecule has 5 heteroatoms. The van der Waals surface area contributed by atoms with Crippen LogP contribution in [0.2, 0.25) is 0 Å². The van der Waals surface area contributed by atoms with Crippen LogP contribution < -0.4 is 33.2 Å². The van der Waals surface area contributed by atoms with Gasteiger partial charge in [0.15, 0.2) is 11.4 Å². The first-order chi connectivity index (χ1) is 9.49. The zero-order valence-electron chi connectivity index (χ0n) is 15.0. The van der Waals surface area contributed by atoms with Gasteiger partial charge >= 0.3 is 6.09 Å². The fraction of sp³-hybridized carbons (Fsp3) is 0.588. The highest BCUT2D eigenvalue weighted by molar-refractivity contribution is 5.73. The fourth-order valence-corrected chi connectivity index (χ4v) is 1.94. The maximum absolute atomic E-state index is 11.8. The number of ether oxygens (including phenoxy) is 1. The summed E-state index contributed by atoms with van der Waals surface area (Å²) < 4.78 is 6.11. The molecule has 0 atom stereocenters. The van der Waals surface area contributed by atoms with Gasteiger partial charge in [-0.05, 0) is 23.5 Å². The SMILES string of the molecule is CCC(C)(C)c1ccc(OC(=O)N(C)C)c([N+](C)(C)C)c1.[I-]. The standard InChI is InChI=1S/C17H29N2O2.HI/c1-9-17(2,3)13-10-11-15(21-16(20)18(4)5)14(12-13)19(6,7)8;/h10-12H,9H2,1-8H3;1H/q+1;/p-1. The third-order valence-electron chi connectivity index (χ3n) is 3.91. The summed E-state index contributed by atoms with van der Waals surface area (Å²) in [4.78, 5) is 13.3. The molecule has 0 saturated carbocycles. The summed E-state index contributed by atoms with van der Waals surface area (Å²) in [6.45, 7) is 6.64. The van der Waals surface area contributed by atoms with Crippen molar-refractivity contribution in [3.63, 3.8) is 0 Å². The van der Waals surface area contributed by atoms with Crippen molar-refractivity contribution in [2.24, 2.45) is 0 Å². The van der Waals surface area contributed by atoms with Crippen molar-refractivity contribution in [1.82, 2.24) is 9.38 Å². The summed E-state index contributed by atoms with van der Waals surface area (Å²) in [5.74, 6) is 0.622. The average Bonchev–Trinajstić information content (AvgIpc) is 2.37. The van der Waals surface area contributed by atoms with E-state index in [-0.39, 0.29) is 35.5 Å². The molecule has 22 heavy (non-hydrogen) atoms. The zero-order chi connectivity index (χ0) is 16.4. The molecule has 0 spiro atoms. The molecule has 0 bridgehead atoms. The molecule has 0 radical (unpaired) electrons. The van der Waals surface area contributed by atoms with Gasteiger partial charge < -0.3 is 33.6 Å². The smallest absolute Gasteiger partial charge is 0.414 e. The van der Waals surface area contributed by atoms with Crippen LogP contribution in [0.25, 0.3) is 0 Å². The van der Waals surface area contributed by atoms with Gasteiger partial charge in [0.2, 0.25) is 0 Å². The summed E-state index contributed by atoms with van der Waals surface area (Å²) in [6.07, 6.45) is 0.702. The number of halogens is 1. The van der Waals surface area contributed by atoms with Crippen molar-refractivity contribution in [3.8, 4) is 5.75 Å². The first-order valence-electron chi connectivity index (χ1n) is 7.34. The number of carbonyl (C=O) groups excluding carboxylic acids is 1. The molecule has 1 rings (SSSR count). The highest BCUT2D eigenvalue weighted by atomic mass is 127. The van der Waals surface area contributed by atoms with Gasteiger partial charge in [-0.15, -0.1) is 0 Å². The van der Waals surface area contributed by atoms with Crippen molar-refractivity contribution in [3.05, 3.63) is 23.8 Å². The number of hydrogen-bond donors (Lipinski definition) is 0. The second-order valence-corrected chi connectivity index (χ2v) is 7.19. The van der Waals surface area contributed by atoms with Crippen molar-refractivity contribution < 1.29 is 33.5 Å². The highest BCUT2D eigenvalue weighted by Gasteiger charge is 2.26. The van der Waals surface area contributed by atoms with Crippen LogP contribution in [-0.2, 0) is 5.41 Å². The van der Waals surface area contributed by atoms with E-state index in [0.717, 1.165) is 12.1 Å². The summed E-state index contributed by atoms with van der Waals surface area (Å²) >= 11 is 0. The monoisotopic (exact) mass is 420 g/mol. The van der Waals surface area contributed by atoms with Gasteiger partial charge in [-0.2, -0.15) is 0 Å². The van der Waals surface area contributed by atoms with Gasteiger partial charge in [0.25, 0.3) is 0 Å². The molecule has 0 fully saturated rings. The molecule has 0 aliphatic heterocycles. The lowest BCUT2D eigenvalue weighted by Crippen LogP contribution is -3.00. The van der Waals surface area contributed by atoms with Crippen molar-refractivity contribution >= 4 is 11.8 Å². The predicted octanol–water partition coefficient (Wildman–Crippen LogP) is 0.635. The topological polar surface area (TPSA) is 29.5 Å². The molecule has 126 valence electrons. The first kappa shape index (κ1) is 21.2. The molecule has 0 heterocycles. The Kier molecular flexibility index (Phi) is 7.35. The number of quaternary nitrogens is 1. The lowest BCUT2D eigenvalue weighted by molar-refractivity contribution is -0.0000102. The second kappa shape index (κ2) is 7.64. The van der Waals surface area contributed by atoms with E-state index in [1.54, 1.807) is 14.1 Å². The number of rotatable bonds is 4. The summed E-state index contributed by atoms with van der Waals surface area (Å²) in [7, 11) is 9.59. The van der Waals surface area contributed by atoms with E-state index in [0.29, 0.717) is 10.2 Å². The Hall–Kier alpha value is -0.820. The number of benzene rings is 1. The molecular formula is C17H29IN2O2. The van der Waals surface area contributed by atoms with E-state index < -0.39 is 0 Å². The van der Waals surface area contributed by atoms with E-state index in [9.17, 15) is 4.79 Å². The van der Waals surface area contributed by atoms with Gasteiger partial charge in [-0.25, -0.2) is 4.79 Å². The number of carbonyl (C=O) groups is 1. The maximum Gasteiger partial charge on any atom is 0.414 e. The van der Waals surface area contributed by atoms with Crippen LogP contribution in [0.3, 0.4) is 0 Å². The Morgan fingerprint density at radius 2 is 1.77 bits per heavy atom. The largest absolute Gasteiger partial charge is 1.00 e. The minimum atomic E-state index is -0.354. The molecule has 0 saturated heterocycles. The molecule has 0 unspecified atom stereocenters. The summed E-state index contributed by atoms with van der Waals surface area (Å²) in [5, 5.41) is 0. The van der Waals surface area contributed by atoms with Crippen LogP contribution in [0.4, 0.5) is 10.5 Å². The van der Waals surface area contributed by atoms with Crippen LogP contribution in [0.15, 0.2) is 18.2 Å².